The lowest BCUT2D eigenvalue weighted by Crippen LogP contribution is -2.51. The summed E-state index contributed by atoms with van der Waals surface area (Å²) >= 11 is 0. The summed E-state index contributed by atoms with van der Waals surface area (Å²) in [6.45, 7) is 7.78. The molecule has 4 rings (SSSR count). The molecular formula is C25H26N4O3. The predicted octanol–water partition coefficient (Wildman–Crippen LogP) is 3.58. The van der Waals surface area contributed by atoms with Crippen molar-refractivity contribution in [1.29, 1.82) is 5.26 Å². The van der Waals surface area contributed by atoms with Gasteiger partial charge in [0, 0.05) is 18.8 Å². The number of carbonyl (C=O) groups excluding carboxylic acids is 2. The van der Waals surface area contributed by atoms with E-state index < -0.39 is 6.04 Å². The van der Waals surface area contributed by atoms with Crippen LogP contribution in [0.25, 0.3) is 0 Å². The van der Waals surface area contributed by atoms with Crippen molar-refractivity contribution < 1.29 is 14.3 Å². The molecule has 0 aromatic heterocycles. The number of morpholine rings is 1. The fourth-order valence-corrected chi connectivity index (χ4v) is 4.30. The van der Waals surface area contributed by atoms with Crippen molar-refractivity contribution in [1.82, 2.24) is 10.2 Å². The van der Waals surface area contributed by atoms with Crippen molar-refractivity contribution in [2.45, 2.75) is 26.8 Å². The van der Waals surface area contributed by atoms with E-state index in [9.17, 15) is 9.59 Å². The zero-order valence-corrected chi connectivity index (χ0v) is 18.5. The number of nitriles is 1. The normalized spacial score (nSPS) is 18.9. The van der Waals surface area contributed by atoms with Crippen LogP contribution < -0.4 is 10.2 Å². The molecule has 2 aliphatic heterocycles. The molecule has 1 saturated heterocycles. The van der Waals surface area contributed by atoms with Gasteiger partial charge in [0.2, 0.25) is 0 Å². The number of benzene rings is 2. The van der Waals surface area contributed by atoms with Gasteiger partial charge in [0.15, 0.2) is 0 Å². The maximum Gasteiger partial charge on any atom is 0.327 e. The molecule has 7 nitrogen and oxygen atoms in total. The highest BCUT2D eigenvalue weighted by Gasteiger charge is 2.38. The number of hydrogen-bond acceptors (Lipinski definition) is 4. The minimum Gasteiger partial charge on any atom is -0.378 e. The van der Waals surface area contributed by atoms with Gasteiger partial charge in [-0.05, 0) is 50.1 Å². The summed E-state index contributed by atoms with van der Waals surface area (Å²) in [4.78, 5) is 30.3. The summed E-state index contributed by atoms with van der Waals surface area (Å²) in [6, 6.07) is 14.1. The first-order valence-electron chi connectivity index (χ1n) is 10.7. The van der Waals surface area contributed by atoms with Crippen molar-refractivity contribution >= 4 is 17.6 Å². The summed E-state index contributed by atoms with van der Waals surface area (Å²) < 4.78 is 5.41. The molecule has 32 heavy (non-hydrogen) atoms. The molecule has 0 radical (unpaired) electrons. The fraction of sp³-hybridized carbons (Fsp3) is 0.320. The van der Waals surface area contributed by atoms with E-state index in [0.29, 0.717) is 43.1 Å². The molecule has 0 spiro atoms. The molecule has 2 heterocycles. The van der Waals surface area contributed by atoms with Crippen LogP contribution in [0, 0.1) is 25.2 Å². The van der Waals surface area contributed by atoms with Gasteiger partial charge in [-0.15, -0.1) is 0 Å². The molecule has 2 aromatic carbocycles. The van der Waals surface area contributed by atoms with Crippen molar-refractivity contribution in [2.75, 3.05) is 31.2 Å². The van der Waals surface area contributed by atoms with Gasteiger partial charge in [0.05, 0.1) is 42.1 Å². The fourth-order valence-electron chi connectivity index (χ4n) is 4.30. The Morgan fingerprint density at radius 3 is 2.41 bits per heavy atom. The number of carbonyl (C=O) groups is 2. The zero-order valence-electron chi connectivity index (χ0n) is 18.5. The number of allylic oxidation sites excluding steroid dienone is 1. The van der Waals surface area contributed by atoms with Gasteiger partial charge in [-0.3, -0.25) is 9.69 Å². The number of rotatable bonds is 3. The highest BCUT2D eigenvalue weighted by molar-refractivity contribution is 6.05. The number of aryl methyl sites for hydroxylation is 2. The van der Waals surface area contributed by atoms with E-state index in [4.69, 9.17) is 10.00 Å². The van der Waals surface area contributed by atoms with E-state index in [0.717, 1.165) is 22.4 Å². The van der Waals surface area contributed by atoms with Crippen LogP contribution in [0.2, 0.25) is 0 Å². The summed E-state index contributed by atoms with van der Waals surface area (Å²) in [5, 5.41) is 12.2. The van der Waals surface area contributed by atoms with Crippen LogP contribution >= 0.6 is 0 Å². The lowest BCUT2D eigenvalue weighted by molar-refractivity contribution is -0.131. The van der Waals surface area contributed by atoms with E-state index in [2.05, 4.69) is 11.4 Å². The predicted molar refractivity (Wildman–Crippen MR) is 121 cm³/mol. The highest BCUT2D eigenvalue weighted by atomic mass is 16.5. The van der Waals surface area contributed by atoms with Gasteiger partial charge in [-0.25, -0.2) is 4.79 Å². The molecule has 0 saturated carbocycles. The molecule has 0 unspecified atom stereocenters. The molecule has 164 valence electrons. The molecule has 1 atom stereocenters. The third kappa shape index (κ3) is 3.97. The first-order valence-corrected chi connectivity index (χ1v) is 10.7. The van der Waals surface area contributed by atoms with Crippen LogP contribution in [-0.4, -0.2) is 43.1 Å². The van der Waals surface area contributed by atoms with Crippen molar-refractivity contribution in [3.05, 3.63) is 76.0 Å². The second-order valence-corrected chi connectivity index (χ2v) is 8.15. The summed E-state index contributed by atoms with van der Waals surface area (Å²) in [6.07, 6.45) is 0. The third-order valence-electron chi connectivity index (χ3n) is 5.98. The summed E-state index contributed by atoms with van der Waals surface area (Å²) in [7, 11) is 0. The lowest BCUT2D eigenvalue weighted by atomic mass is 9.92. The SMILES string of the molecule is CC1=C(C(=O)N2CCOCC2)[C@@H](c2ccc(C#N)cc2)NC(=O)N1c1ccc(C)cc1C. The molecule has 1 fully saturated rings. The Labute approximate surface area is 187 Å². The van der Waals surface area contributed by atoms with Crippen LogP contribution in [0.3, 0.4) is 0 Å². The third-order valence-corrected chi connectivity index (χ3v) is 5.98. The van der Waals surface area contributed by atoms with Crippen LogP contribution in [-0.2, 0) is 9.53 Å². The van der Waals surface area contributed by atoms with Crippen LogP contribution in [0.5, 0.6) is 0 Å². The molecule has 1 N–H and O–H groups in total. The maximum atomic E-state index is 13.7. The minimum atomic E-state index is -0.604. The van der Waals surface area contributed by atoms with E-state index in [1.165, 1.54) is 0 Å². The first-order chi connectivity index (χ1) is 15.4. The first kappa shape index (κ1) is 21.6. The molecule has 2 aromatic rings. The zero-order chi connectivity index (χ0) is 22.8. The van der Waals surface area contributed by atoms with Gasteiger partial charge in [0.1, 0.15) is 0 Å². The Kier molecular flexibility index (Phi) is 5.97. The maximum absolute atomic E-state index is 13.7. The van der Waals surface area contributed by atoms with Gasteiger partial charge in [0.25, 0.3) is 5.91 Å². The van der Waals surface area contributed by atoms with Gasteiger partial charge in [-0.1, -0.05) is 29.8 Å². The van der Waals surface area contributed by atoms with Crippen LogP contribution in [0.1, 0.15) is 35.2 Å². The van der Waals surface area contributed by atoms with Crippen molar-refractivity contribution in [3.63, 3.8) is 0 Å². The van der Waals surface area contributed by atoms with Crippen molar-refractivity contribution in [2.24, 2.45) is 0 Å². The Morgan fingerprint density at radius 1 is 1.09 bits per heavy atom. The second kappa shape index (κ2) is 8.85. The standard InChI is InChI=1S/C25H26N4O3/c1-16-4-9-21(17(2)14-16)29-18(3)22(24(30)28-10-12-32-13-11-28)23(27-25(29)31)20-7-5-19(15-26)6-8-20/h4-9,14,23H,10-13H2,1-3H3,(H,27,31)/t23-/m1/s1. The van der Waals surface area contributed by atoms with E-state index in [1.54, 1.807) is 34.1 Å². The number of urea groups is 1. The highest BCUT2D eigenvalue weighted by Crippen LogP contribution is 2.36. The number of anilines is 1. The van der Waals surface area contributed by atoms with Crippen LogP contribution in [0.4, 0.5) is 10.5 Å². The number of amides is 3. The Balaban J connectivity index is 1.83. The van der Waals surface area contributed by atoms with Crippen LogP contribution in [0.15, 0.2) is 53.7 Å². The van der Waals surface area contributed by atoms with Gasteiger partial charge in [-0.2, -0.15) is 5.26 Å². The number of nitrogens with one attached hydrogen (secondary N) is 1. The molecule has 7 heteroatoms. The molecular weight excluding hydrogens is 404 g/mol. The lowest BCUT2D eigenvalue weighted by Gasteiger charge is -2.38. The molecule has 0 aliphatic carbocycles. The largest absolute Gasteiger partial charge is 0.378 e. The van der Waals surface area contributed by atoms with Gasteiger partial charge >= 0.3 is 6.03 Å². The van der Waals surface area contributed by atoms with E-state index >= 15 is 0 Å². The summed E-state index contributed by atoms with van der Waals surface area (Å²) in [5.74, 6) is -0.116. The molecule has 2 aliphatic rings. The Hall–Kier alpha value is -3.63. The minimum absolute atomic E-state index is 0.116. The quantitative estimate of drug-likeness (QED) is 0.807. The Bertz CT molecular complexity index is 1120. The molecule has 0 bridgehead atoms. The number of hydrogen-bond donors (Lipinski definition) is 1. The number of ether oxygens (including phenoxy) is 1. The Morgan fingerprint density at radius 2 is 1.78 bits per heavy atom. The smallest absolute Gasteiger partial charge is 0.327 e. The second-order valence-electron chi connectivity index (χ2n) is 8.15. The number of nitrogens with zero attached hydrogens (tertiary/aromatic N) is 3. The van der Waals surface area contributed by atoms with Gasteiger partial charge < -0.3 is 15.0 Å². The van der Waals surface area contributed by atoms with Crippen molar-refractivity contribution in [3.8, 4) is 6.07 Å². The van der Waals surface area contributed by atoms with E-state index in [-0.39, 0.29) is 11.9 Å². The topological polar surface area (TPSA) is 85.7 Å². The van der Waals surface area contributed by atoms with E-state index in [1.807, 2.05) is 39.0 Å². The molecule has 3 amide bonds. The summed E-state index contributed by atoms with van der Waals surface area (Å²) in [5.41, 5.74) is 5.21. The average Bonchev–Trinajstić information content (AvgIpc) is 2.80. The average molecular weight is 431 g/mol. The monoisotopic (exact) mass is 430 g/mol.